The first-order chi connectivity index (χ1) is 10.7. The highest BCUT2D eigenvalue weighted by molar-refractivity contribution is 9.10. The van der Waals surface area contributed by atoms with Crippen molar-refractivity contribution in [3.8, 4) is 0 Å². The number of nitrogens with one attached hydrogen (secondary N) is 2. The zero-order chi connectivity index (χ0) is 15.1. The van der Waals surface area contributed by atoms with Crippen LogP contribution in [0, 0.1) is 0 Å². The van der Waals surface area contributed by atoms with Crippen molar-refractivity contribution < 1.29 is 9.21 Å². The minimum Gasteiger partial charge on any atom is -0.444 e. The molecule has 3 heterocycles. The number of hydrogen-bond acceptors (Lipinski definition) is 4. The van der Waals surface area contributed by atoms with E-state index in [1.807, 2.05) is 12.1 Å². The number of anilines is 2. The van der Waals surface area contributed by atoms with Crippen molar-refractivity contribution in [3.63, 3.8) is 0 Å². The Labute approximate surface area is 136 Å². The van der Waals surface area contributed by atoms with Gasteiger partial charge in [0.25, 0.3) is 5.91 Å². The Morgan fingerprint density at radius 1 is 1.14 bits per heavy atom. The summed E-state index contributed by atoms with van der Waals surface area (Å²) in [5.41, 5.74) is 4.11. The van der Waals surface area contributed by atoms with Gasteiger partial charge in [0, 0.05) is 49.5 Å². The molecule has 0 unspecified atom stereocenters. The van der Waals surface area contributed by atoms with E-state index in [-0.39, 0.29) is 5.91 Å². The summed E-state index contributed by atoms with van der Waals surface area (Å²) < 4.78 is 6.05. The molecule has 4 rings (SSSR count). The zero-order valence-electron chi connectivity index (χ0n) is 12.0. The van der Waals surface area contributed by atoms with Crippen LogP contribution in [0.3, 0.4) is 0 Å². The van der Waals surface area contributed by atoms with Crippen LogP contribution in [0.2, 0.25) is 0 Å². The van der Waals surface area contributed by atoms with E-state index in [1.54, 1.807) is 0 Å². The van der Waals surface area contributed by atoms with E-state index in [0.29, 0.717) is 16.9 Å². The number of hydrogen-bond donors (Lipinski definition) is 2. The Bertz CT molecular complexity index is 735. The molecule has 0 aliphatic carbocycles. The average Bonchev–Trinajstić information content (AvgIpc) is 2.85. The summed E-state index contributed by atoms with van der Waals surface area (Å²) in [5, 5.41) is 6.30. The lowest BCUT2D eigenvalue weighted by Gasteiger charge is -2.30. The highest BCUT2D eigenvalue weighted by Gasteiger charge is 2.24. The second kappa shape index (κ2) is 5.44. The average molecular weight is 362 g/mol. The zero-order valence-corrected chi connectivity index (χ0v) is 13.6. The van der Waals surface area contributed by atoms with Crippen molar-refractivity contribution in [3.05, 3.63) is 45.8 Å². The van der Waals surface area contributed by atoms with E-state index in [2.05, 4.69) is 43.6 Å². The highest BCUT2D eigenvalue weighted by atomic mass is 79.9. The van der Waals surface area contributed by atoms with Gasteiger partial charge in [-0.15, -0.1) is 0 Å². The van der Waals surface area contributed by atoms with Crippen LogP contribution < -0.4 is 15.5 Å². The van der Waals surface area contributed by atoms with Crippen molar-refractivity contribution in [1.29, 1.82) is 0 Å². The van der Waals surface area contributed by atoms with Gasteiger partial charge in [0.15, 0.2) is 10.4 Å². The molecule has 0 bridgehead atoms. The molecule has 5 nitrogen and oxygen atoms in total. The van der Waals surface area contributed by atoms with Crippen LogP contribution in [0.25, 0.3) is 0 Å². The van der Waals surface area contributed by atoms with Crippen LogP contribution in [0.4, 0.5) is 11.4 Å². The topological polar surface area (TPSA) is 57.5 Å². The Kier molecular flexibility index (Phi) is 3.43. The summed E-state index contributed by atoms with van der Waals surface area (Å²) in [6.07, 6.45) is 0.693. The summed E-state index contributed by atoms with van der Waals surface area (Å²) in [5.74, 6) is 0.209. The molecule has 1 aromatic carbocycles. The number of carbonyl (C=O) groups is 1. The molecule has 0 radical (unpaired) electrons. The molecule has 2 aliphatic heterocycles. The molecule has 1 aromatic heterocycles. The molecule has 2 aliphatic rings. The number of amides is 1. The Morgan fingerprint density at radius 2 is 1.95 bits per heavy atom. The van der Waals surface area contributed by atoms with Gasteiger partial charge in [0.05, 0.1) is 0 Å². The fraction of sp³-hybridized carbons (Fsp3) is 0.312. The van der Waals surface area contributed by atoms with E-state index in [9.17, 15) is 4.79 Å². The van der Waals surface area contributed by atoms with E-state index in [4.69, 9.17) is 4.42 Å². The van der Waals surface area contributed by atoms with Gasteiger partial charge in [-0.05, 0) is 45.8 Å². The maximum atomic E-state index is 12.2. The SMILES string of the molecule is O=C1Nc2ccc(N3CCNCC3)cc2Cc2cc(Br)oc21. The molecule has 6 heteroatoms. The van der Waals surface area contributed by atoms with Crippen molar-refractivity contribution in [2.45, 2.75) is 6.42 Å². The van der Waals surface area contributed by atoms with Gasteiger partial charge in [-0.1, -0.05) is 0 Å². The quantitative estimate of drug-likeness (QED) is 0.819. The lowest BCUT2D eigenvalue weighted by Crippen LogP contribution is -2.43. The number of rotatable bonds is 1. The number of benzene rings is 1. The summed E-state index contributed by atoms with van der Waals surface area (Å²) in [7, 11) is 0. The van der Waals surface area contributed by atoms with Crippen LogP contribution in [-0.4, -0.2) is 32.1 Å². The summed E-state index contributed by atoms with van der Waals surface area (Å²) in [6, 6.07) is 8.12. The normalized spacial score (nSPS) is 17.5. The Hall–Kier alpha value is -1.79. The van der Waals surface area contributed by atoms with E-state index in [1.165, 1.54) is 5.69 Å². The van der Waals surface area contributed by atoms with Crippen molar-refractivity contribution in [2.75, 3.05) is 36.4 Å². The molecule has 1 fully saturated rings. The van der Waals surface area contributed by atoms with Gasteiger partial charge in [0.1, 0.15) is 0 Å². The fourth-order valence-electron chi connectivity index (χ4n) is 3.07. The van der Waals surface area contributed by atoms with Gasteiger partial charge in [0.2, 0.25) is 0 Å². The summed E-state index contributed by atoms with van der Waals surface area (Å²) in [6.45, 7) is 4.03. The smallest absolute Gasteiger partial charge is 0.291 e. The molecule has 1 amide bonds. The van der Waals surface area contributed by atoms with E-state index in [0.717, 1.165) is 43.0 Å². The third kappa shape index (κ3) is 2.42. The van der Waals surface area contributed by atoms with Crippen LogP contribution >= 0.6 is 15.9 Å². The van der Waals surface area contributed by atoms with Gasteiger partial charge < -0.3 is 20.0 Å². The number of fused-ring (bicyclic) bond motifs is 2. The first-order valence-electron chi connectivity index (χ1n) is 7.39. The first kappa shape index (κ1) is 13.8. The fourth-order valence-corrected chi connectivity index (χ4v) is 3.51. The second-order valence-electron chi connectivity index (χ2n) is 5.61. The van der Waals surface area contributed by atoms with Gasteiger partial charge in [-0.2, -0.15) is 0 Å². The largest absolute Gasteiger partial charge is 0.444 e. The molecule has 0 saturated carbocycles. The third-order valence-corrected chi connectivity index (χ3v) is 4.58. The number of carbonyl (C=O) groups excluding carboxylic acids is 1. The van der Waals surface area contributed by atoms with Crippen molar-refractivity contribution in [1.82, 2.24) is 5.32 Å². The lowest BCUT2D eigenvalue weighted by molar-refractivity contribution is 0.0995. The predicted octanol–water partition coefficient (Wildman–Crippen LogP) is 2.61. The molecular formula is C16H16BrN3O2. The second-order valence-corrected chi connectivity index (χ2v) is 6.40. The number of halogens is 1. The molecule has 2 aromatic rings. The molecular weight excluding hydrogens is 346 g/mol. The number of furan rings is 1. The molecule has 2 N–H and O–H groups in total. The Balaban J connectivity index is 1.71. The van der Waals surface area contributed by atoms with Crippen LogP contribution in [0.15, 0.2) is 33.4 Å². The van der Waals surface area contributed by atoms with E-state index < -0.39 is 0 Å². The monoisotopic (exact) mass is 361 g/mol. The number of nitrogens with zero attached hydrogens (tertiary/aromatic N) is 1. The molecule has 114 valence electrons. The van der Waals surface area contributed by atoms with Crippen LogP contribution in [0.5, 0.6) is 0 Å². The maximum absolute atomic E-state index is 12.2. The van der Waals surface area contributed by atoms with E-state index >= 15 is 0 Å². The number of piperazine rings is 1. The summed E-state index contributed by atoms with van der Waals surface area (Å²) >= 11 is 3.30. The van der Waals surface area contributed by atoms with Gasteiger partial charge >= 0.3 is 0 Å². The Morgan fingerprint density at radius 3 is 2.77 bits per heavy atom. The van der Waals surface area contributed by atoms with Crippen molar-refractivity contribution in [2.24, 2.45) is 0 Å². The van der Waals surface area contributed by atoms with Gasteiger partial charge in [-0.25, -0.2) is 0 Å². The van der Waals surface area contributed by atoms with Crippen LogP contribution in [-0.2, 0) is 6.42 Å². The molecule has 0 spiro atoms. The third-order valence-electron chi connectivity index (χ3n) is 4.19. The van der Waals surface area contributed by atoms with Crippen molar-refractivity contribution >= 4 is 33.2 Å². The predicted molar refractivity (Wildman–Crippen MR) is 88.7 cm³/mol. The highest BCUT2D eigenvalue weighted by Crippen LogP contribution is 2.32. The van der Waals surface area contributed by atoms with Crippen LogP contribution in [0.1, 0.15) is 21.7 Å². The molecule has 22 heavy (non-hydrogen) atoms. The minimum atomic E-state index is -0.186. The lowest BCUT2D eigenvalue weighted by atomic mass is 10.0. The maximum Gasteiger partial charge on any atom is 0.291 e. The molecule has 0 atom stereocenters. The summed E-state index contributed by atoms with van der Waals surface area (Å²) in [4.78, 5) is 14.6. The standard InChI is InChI=1S/C16H16BrN3O2/c17-14-9-11-7-10-8-12(20-5-3-18-4-6-20)1-2-13(10)19-16(21)15(11)22-14/h1-2,8-9,18H,3-7H2,(H,19,21). The van der Waals surface area contributed by atoms with Gasteiger partial charge in [-0.3, -0.25) is 4.79 Å². The molecule has 1 saturated heterocycles. The minimum absolute atomic E-state index is 0.186. The first-order valence-corrected chi connectivity index (χ1v) is 8.18.